The van der Waals surface area contributed by atoms with E-state index in [1.165, 1.54) is 18.2 Å². The third-order valence-electron chi connectivity index (χ3n) is 1.30. The molecule has 0 amide bonds. The summed E-state index contributed by atoms with van der Waals surface area (Å²) in [5.41, 5.74) is 0.122. The van der Waals surface area contributed by atoms with E-state index in [1.54, 1.807) is 0 Å². The summed E-state index contributed by atoms with van der Waals surface area (Å²) >= 11 is 3.87. The van der Waals surface area contributed by atoms with Gasteiger partial charge in [0, 0.05) is 6.07 Å². The van der Waals surface area contributed by atoms with Crippen LogP contribution in [0.15, 0.2) is 23.1 Å². The van der Waals surface area contributed by atoms with Crippen molar-refractivity contribution in [1.82, 2.24) is 0 Å². The van der Waals surface area contributed by atoms with Crippen molar-refractivity contribution >= 4 is 47.9 Å². The Morgan fingerprint density at radius 3 is 2.62 bits per heavy atom. The first-order valence-corrected chi connectivity index (χ1v) is 3.47. The number of nitro benzene ring substituents is 1. The van der Waals surface area contributed by atoms with E-state index in [0.717, 1.165) is 0 Å². The molecule has 0 saturated heterocycles. The SMILES string of the molecule is N#Cc1ccc(S)c([N+](=O)[O-])c1.[NaH]. The average Bonchev–Trinajstić information content (AvgIpc) is 2.05. The predicted molar refractivity (Wildman–Crippen MR) is 52.2 cm³/mol. The van der Waals surface area contributed by atoms with Gasteiger partial charge in [0.05, 0.1) is 21.5 Å². The Kier molecular flexibility index (Phi) is 5.03. The first-order chi connectivity index (χ1) is 5.65. The summed E-state index contributed by atoms with van der Waals surface area (Å²) in [6.45, 7) is 0. The molecule has 0 aliphatic carbocycles. The van der Waals surface area contributed by atoms with E-state index in [4.69, 9.17) is 5.26 Å². The van der Waals surface area contributed by atoms with Crippen molar-refractivity contribution < 1.29 is 4.92 Å². The fourth-order valence-corrected chi connectivity index (χ4v) is 0.960. The van der Waals surface area contributed by atoms with Gasteiger partial charge in [-0.2, -0.15) is 5.26 Å². The second-order valence-electron chi connectivity index (χ2n) is 2.07. The van der Waals surface area contributed by atoms with Gasteiger partial charge in [0.1, 0.15) is 0 Å². The normalized spacial score (nSPS) is 8.31. The topological polar surface area (TPSA) is 66.9 Å². The number of benzene rings is 1. The van der Waals surface area contributed by atoms with Crippen LogP contribution in [0.3, 0.4) is 0 Å². The molecule has 0 unspecified atom stereocenters. The molecule has 0 aliphatic heterocycles. The standard InChI is InChI=1S/C7H4N2O2S.Na.H/c8-4-5-1-2-7(12)6(3-5)9(10)11;;/h1-3,12H;;. The van der Waals surface area contributed by atoms with E-state index in [0.29, 0.717) is 0 Å². The Hall–Kier alpha value is -0.540. The Morgan fingerprint density at radius 2 is 2.15 bits per heavy atom. The number of nitrogens with zero attached hydrogens (tertiary/aromatic N) is 2. The van der Waals surface area contributed by atoms with Crippen molar-refractivity contribution in [3.8, 4) is 6.07 Å². The van der Waals surface area contributed by atoms with Crippen LogP contribution >= 0.6 is 12.6 Å². The maximum absolute atomic E-state index is 10.3. The summed E-state index contributed by atoms with van der Waals surface area (Å²) < 4.78 is 0. The van der Waals surface area contributed by atoms with Crippen LogP contribution in [0.1, 0.15) is 5.56 Å². The average molecular weight is 204 g/mol. The van der Waals surface area contributed by atoms with Crippen LogP contribution in [-0.2, 0) is 0 Å². The summed E-state index contributed by atoms with van der Waals surface area (Å²) in [4.78, 5) is 10.0. The Balaban J connectivity index is 0.00000144. The first-order valence-electron chi connectivity index (χ1n) is 3.02. The van der Waals surface area contributed by atoms with Crippen molar-refractivity contribution in [3.05, 3.63) is 33.9 Å². The van der Waals surface area contributed by atoms with Crippen LogP contribution in [-0.4, -0.2) is 34.5 Å². The zero-order chi connectivity index (χ0) is 9.14. The van der Waals surface area contributed by atoms with Crippen molar-refractivity contribution in [1.29, 1.82) is 5.26 Å². The fourth-order valence-electron chi connectivity index (χ4n) is 0.739. The minimum atomic E-state index is -0.566. The van der Waals surface area contributed by atoms with Gasteiger partial charge < -0.3 is 0 Å². The molecule has 0 spiro atoms. The molecule has 0 saturated carbocycles. The van der Waals surface area contributed by atoms with Crippen LogP contribution in [0.4, 0.5) is 5.69 Å². The van der Waals surface area contributed by atoms with E-state index >= 15 is 0 Å². The van der Waals surface area contributed by atoms with Crippen molar-refractivity contribution in [2.75, 3.05) is 0 Å². The van der Waals surface area contributed by atoms with Gasteiger partial charge in [0.25, 0.3) is 5.69 Å². The molecule has 6 heteroatoms. The molecular formula is C7H5N2NaO2S. The zero-order valence-corrected chi connectivity index (χ0v) is 6.78. The minimum absolute atomic E-state index is 0. The van der Waals surface area contributed by atoms with Crippen LogP contribution in [0.2, 0.25) is 0 Å². The number of hydrogen-bond donors (Lipinski definition) is 1. The van der Waals surface area contributed by atoms with Gasteiger partial charge >= 0.3 is 29.6 Å². The number of rotatable bonds is 1. The molecule has 1 rings (SSSR count). The van der Waals surface area contributed by atoms with Crippen molar-refractivity contribution in [3.63, 3.8) is 0 Å². The van der Waals surface area contributed by atoms with Gasteiger partial charge in [-0.1, -0.05) is 0 Å². The van der Waals surface area contributed by atoms with Gasteiger partial charge in [0.15, 0.2) is 0 Å². The Bertz CT molecular complexity index is 375. The summed E-state index contributed by atoms with van der Waals surface area (Å²) in [6.07, 6.45) is 0. The van der Waals surface area contributed by atoms with E-state index < -0.39 is 4.92 Å². The molecule has 0 N–H and O–H groups in total. The quantitative estimate of drug-likeness (QED) is 0.322. The monoisotopic (exact) mass is 204 g/mol. The van der Waals surface area contributed by atoms with Crippen LogP contribution in [0, 0.1) is 21.4 Å². The van der Waals surface area contributed by atoms with Gasteiger partial charge in [-0.3, -0.25) is 10.1 Å². The van der Waals surface area contributed by atoms with E-state index in [9.17, 15) is 10.1 Å². The molecule has 0 aliphatic rings. The first kappa shape index (κ1) is 12.5. The maximum atomic E-state index is 10.3. The number of hydrogen-bond acceptors (Lipinski definition) is 4. The molecule has 0 bridgehead atoms. The third-order valence-corrected chi connectivity index (χ3v) is 1.68. The Labute approximate surface area is 102 Å². The summed E-state index contributed by atoms with van der Waals surface area (Å²) in [6, 6.07) is 5.92. The molecule has 0 heterocycles. The van der Waals surface area contributed by atoms with Gasteiger partial charge in [-0.25, -0.2) is 0 Å². The summed E-state index contributed by atoms with van der Waals surface area (Å²) in [5.74, 6) is 0. The Morgan fingerprint density at radius 1 is 1.54 bits per heavy atom. The predicted octanol–water partition coefficient (Wildman–Crippen LogP) is 1.11. The molecule has 4 nitrogen and oxygen atoms in total. The molecule has 0 radical (unpaired) electrons. The second-order valence-corrected chi connectivity index (χ2v) is 2.55. The summed E-state index contributed by atoms with van der Waals surface area (Å²) in [5, 5.41) is 18.8. The van der Waals surface area contributed by atoms with Crippen LogP contribution < -0.4 is 0 Å². The molecule has 62 valence electrons. The zero-order valence-electron chi connectivity index (χ0n) is 5.89. The molecule has 0 fully saturated rings. The van der Waals surface area contributed by atoms with E-state index in [-0.39, 0.29) is 45.7 Å². The number of nitro groups is 1. The molecule has 0 aromatic heterocycles. The van der Waals surface area contributed by atoms with Crippen molar-refractivity contribution in [2.45, 2.75) is 4.90 Å². The molecular weight excluding hydrogens is 199 g/mol. The summed E-state index contributed by atoms with van der Waals surface area (Å²) in [7, 11) is 0. The fraction of sp³-hybridized carbons (Fsp3) is 0. The van der Waals surface area contributed by atoms with Crippen LogP contribution in [0.25, 0.3) is 0 Å². The van der Waals surface area contributed by atoms with E-state index in [1.807, 2.05) is 6.07 Å². The number of thiol groups is 1. The molecule has 1 aromatic rings. The van der Waals surface area contributed by atoms with E-state index in [2.05, 4.69) is 12.6 Å². The molecule has 0 atom stereocenters. The third kappa shape index (κ3) is 3.01. The van der Waals surface area contributed by atoms with Gasteiger partial charge in [-0.05, 0) is 12.1 Å². The number of nitriles is 1. The second kappa shape index (κ2) is 5.25. The molecule has 1 aromatic carbocycles. The van der Waals surface area contributed by atoms with Crippen LogP contribution in [0.5, 0.6) is 0 Å². The van der Waals surface area contributed by atoms with Gasteiger partial charge in [0.2, 0.25) is 0 Å². The molecule has 13 heavy (non-hydrogen) atoms. The van der Waals surface area contributed by atoms with Crippen molar-refractivity contribution in [2.24, 2.45) is 0 Å². The van der Waals surface area contributed by atoms with Gasteiger partial charge in [-0.15, -0.1) is 12.6 Å².